The third kappa shape index (κ3) is 3.21. The molecular formula is C17H23ClN4O. The number of nitrogens with zero attached hydrogens (tertiary/aromatic N) is 2. The molecule has 0 unspecified atom stereocenters. The third-order valence-corrected chi connectivity index (χ3v) is 5.25. The van der Waals surface area contributed by atoms with Gasteiger partial charge in [0.2, 0.25) is 5.91 Å². The molecule has 2 saturated heterocycles. The zero-order chi connectivity index (χ0) is 14.9. The molecule has 2 aliphatic heterocycles. The number of carbonyl (C=O) groups excluding carboxylic acids is 1. The standard InChI is InChI=1S/C17H22N4O.ClH/c22-16(8-14-11-20-17-15(14)2-1-5-19-17)21-6-3-12-9-18-10-13(12)4-7-21;/h1-2,5,11-13,18H,3-4,6-10H2,(H,19,20);1H/t12-,13+;. The van der Waals surface area contributed by atoms with Crippen molar-refractivity contribution in [2.45, 2.75) is 19.3 Å². The number of rotatable bonds is 2. The van der Waals surface area contributed by atoms with Gasteiger partial charge in [-0.25, -0.2) is 4.98 Å². The van der Waals surface area contributed by atoms with E-state index >= 15 is 0 Å². The zero-order valence-electron chi connectivity index (χ0n) is 13.1. The second-order valence-corrected chi connectivity index (χ2v) is 6.53. The van der Waals surface area contributed by atoms with Crippen molar-refractivity contribution in [1.29, 1.82) is 0 Å². The smallest absolute Gasteiger partial charge is 0.227 e. The van der Waals surface area contributed by atoms with Crippen LogP contribution in [-0.2, 0) is 11.2 Å². The third-order valence-electron chi connectivity index (χ3n) is 5.25. The summed E-state index contributed by atoms with van der Waals surface area (Å²) in [5, 5.41) is 4.54. The molecule has 5 nitrogen and oxygen atoms in total. The maximum atomic E-state index is 12.7. The van der Waals surface area contributed by atoms with Gasteiger partial charge < -0.3 is 15.2 Å². The minimum Gasteiger partial charge on any atom is -0.346 e. The van der Waals surface area contributed by atoms with E-state index in [2.05, 4.69) is 20.2 Å². The van der Waals surface area contributed by atoms with Crippen LogP contribution in [0.15, 0.2) is 24.5 Å². The van der Waals surface area contributed by atoms with Crippen LogP contribution in [0.2, 0.25) is 0 Å². The van der Waals surface area contributed by atoms with Gasteiger partial charge in [-0.05, 0) is 55.5 Å². The first-order chi connectivity index (χ1) is 10.8. The van der Waals surface area contributed by atoms with Crippen LogP contribution in [0.3, 0.4) is 0 Å². The summed E-state index contributed by atoms with van der Waals surface area (Å²) in [7, 11) is 0. The van der Waals surface area contributed by atoms with E-state index in [1.807, 2.05) is 18.3 Å². The fourth-order valence-electron chi connectivity index (χ4n) is 3.90. The van der Waals surface area contributed by atoms with Gasteiger partial charge in [-0.3, -0.25) is 4.79 Å². The number of pyridine rings is 1. The number of carbonyl (C=O) groups is 1. The molecule has 0 bridgehead atoms. The average molecular weight is 335 g/mol. The molecule has 2 N–H and O–H groups in total. The summed E-state index contributed by atoms with van der Waals surface area (Å²) < 4.78 is 0. The van der Waals surface area contributed by atoms with E-state index in [-0.39, 0.29) is 18.3 Å². The molecular weight excluding hydrogens is 312 g/mol. The van der Waals surface area contributed by atoms with Crippen LogP contribution in [0.5, 0.6) is 0 Å². The summed E-state index contributed by atoms with van der Waals surface area (Å²) in [5.41, 5.74) is 1.92. The van der Waals surface area contributed by atoms with Crippen LogP contribution in [-0.4, -0.2) is 47.0 Å². The van der Waals surface area contributed by atoms with Gasteiger partial charge in [-0.15, -0.1) is 12.4 Å². The molecule has 2 aromatic rings. The maximum Gasteiger partial charge on any atom is 0.227 e. The Morgan fingerprint density at radius 3 is 2.74 bits per heavy atom. The molecule has 2 aromatic heterocycles. The van der Waals surface area contributed by atoms with E-state index in [9.17, 15) is 4.79 Å². The molecule has 6 heteroatoms. The monoisotopic (exact) mass is 334 g/mol. The Kier molecular flexibility index (Phi) is 4.87. The molecule has 2 fully saturated rings. The predicted molar refractivity (Wildman–Crippen MR) is 92.7 cm³/mol. The molecule has 0 radical (unpaired) electrons. The van der Waals surface area contributed by atoms with Gasteiger partial charge in [0.15, 0.2) is 0 Å². The topological polar surface area (TPSA) is 61.0 Å². The molecule has 2 atom stereocenters. The first kappa shape index (κ1) is 16.3. The first-order valence-electron chi connectivity index (χ1n) is 8.21. The van der Waals surface area contributed by atoms with E-state index in [1.165, 1.54) is 0 Å². The van der Waals surface area contributed by atoms with Gasteiger partial charge in [0.25, 0.3) is 0 Å². The van der Waals surface area contributed by atoms with Crippen molar-refractivity contribution in [3.63, 3.8) is 0 Å². The Morgan fingerprint density at radius 2 is 2.00 bits per heavy atom. The van der Waals surface area contributed by atoms with Crippen molar-refractivity contribution in [3.8, 4) is 0 Å². The highest BCUT2D eigenvalue weighted by molar-refractivity contribution is 5.87. The van der Waals surface area contributed by atoms with Crippen LogP contribution in [0.1, 0.15) is 18.4 Å². The fourth-order valence-corrected chi connectivity index (χ4v) is 3.90. The van der Waals surface area contributed by atoms with Crippen molar-refractivity contribution >= 4 is 29.3 Å². The van der Waals surface area contributed by atoms with Crippen LogP contribution in [0, 0.1) is 11.8 Å². The minimum absolute atomic E-state index is 0. The number of hydrogen-bond acceptors (Lipinski definition) is 3. The van der Waals surface area contributed by atoms with Crippen molar-refractivity contribution in [3.05, 3.63) is 30.1 Å². The number of nitrogens with one attached hydrogen (secondary N) is 2. The largest absolute Gasteiger partial charge is 0.346 e. The second kappa shape index (κ2) is 6.89. The van der Waals surface area contributed by atoms with Gasteiger partial charge in [0.1, 0.15) is 5.65 Å². The molecule has 2 aliphatic rings. The summed E-state index contributed by atoms with van der Waals surface area (Å²) in [5.74, 6) is 1.77. The quantitative estimate of drug-likeness (QED) is 0.883. The molecule has 1 amide bonds. The van der Waals surface area contributed by atoms with Crippen LogP contribution < -0.4 is 5.32 Å². The Labute approximate surface area is 142 Å². The maximum absolute atomic E-state index is 12.7. The summed E-state index contributed by atoms with van der Waals surface area (Å²) in [6.07, 6.45) is 6.44. The highest BCUT2D eigenvalue weighted by Gasteiger charge is 2.31. The number of halogens is 1. The highest BCUT2D eigenvalue weighted by Crippen LogP contribution is 2.27. The van der Waals surface area contributed by atoms with E-state index in [0.29, 0.717) is 6.42 Å². The lowest BCUT2D eigenvalue weighted by Crippen LogP contribution is -2.33. The number of aromatic amines is 1. The summed E-state index contributed by atoms with van der Waals surface area (Å²) in [6, 6.07) is 3.95. The zero-order valence-corrected chi connectivity index (χ0v) is 13.9. The van der Waals surface area contributed by atoms with Gasteiger partial charge >= 0.3 is 0 Å². The van der Waals surface area contributed by atoms with Crippen LogP contribution in [0.25, 0.3) is 11.0 Å². The molecule has 4 heterocycles. The fraction of sp³-hybridized carbons (Fsp3) is 0.529. The van der Waals surface area contributed by atoms with E-state index in [4.69, 9.17) is 0 Å². The Hall–Kier alpha value is -1.59. The lowest BCUT2D eigenvalue weighted by molar-refractivity contribution is -0.130. The van der Waals surface area contributed by atoms with Crippen molar-refractivity contribution in [2.75, 3.05) is 26.2 Å². The Balaban J connectivity index is 0.00000156. The first-order valence-corrected chi connectivity index (χ1v) is 8.21. The summed E-state index contributed by atoms with van der Waals surface area (Å²) in [6.45, 7) is 4.06. The molecule has 124 valence electrons. The van der Waals surface area contributed by atoms with Gasteiger partial charge in [-0.1, -0.05) is 0 Å². The number of hydrogen-bond donors (Lipinski definition) is 2. The van der Waals surface area contributed by atoms with Gasteiger partial charge in [-0.2, -0.15) is 0 Å². The van der Waals surface area contributed by atoms with E-state index < -0.39 is 0 Å². The number of aromatic nitrogens is 2. The number of fused-ring (bicyclic) bond motifs is 2. The van der Waals surface area contributed by atoms with Crippen molar-refractivity contribution in [2.24, 2.45) is 11.8 Å². The van der Waals surface area contributed by atoms with Crippen LogP contribution in [0.4, 0.5) is 0 Å². The van der Waals surface area contributed by atoms with E-state index in [1.54, 1.807) is 6.20 Å². The normalized spacial score (nSPS) is 24.1. The number of H-pyrrole nitrogens is 1. The van der Waals surface area contributed by atoms with Crippen LogP contribution >= 0.6 is 12.4 Å². The average Bonchev–Trinajstić information content (AvgIpc) is 3.10. The van der Waals surface area contributed by atoms with Gasteiger partial charge in [0.05, 0.1) is 6.42 Å². The minimum atomic E-state index is 0. The van der Waals surface area contributed by atoms with E-state index in [0.717, 1.165) is 67.5 Å². The predicted octanol–water partition coefficient (Wildman–Crippen LogP) is 1.99. The Bertz CT molecular complexity index is 672. The lowest BCUT2D eigenvalue weighted by Gasteiger charge is -2.20. The molecule has 0 spiro atoms. The van der Waals surface area contributed by atoms with Crippen molar-refractivity contribution in [1.82, 2.24) is 20.2 Å². The number of amides is 1. The molecule has 0 aromatic carbocycles. The Morgan fingerprint density at radius 1 is 1.26 bits per heavy atom. The molecule has 0 saturated carbocycles. The van der Waals surface area contributed by atoms with Crippen molar-refractivity contribution < 1.29 is 4.79 Å². The van der Waals surface area contributed by atoms with Gasteiger partial charge in [0, 0.05) is 30.9 Å². The number of likely N-dealkylation sites (tertiary alicyclic amines) is 1. The summed E-state index contributed by atoms with van der Waals surface area (Å²) >= 11 is 0. The highest BCUT2D eigenvalue weighted by atomic mass is 35.5. The molecule has 23 heavy (non-hydrogen) atoms. The SMILES string of the molecule is Cl.O=C(Cc1c[nH]c2ncccc12)N1CC[C@@H]2CNC[C@@H]2CC1. The summed E-state index contributed by atoms with van der Waals surface area (Å²) in [4.78, 5) is 22.2. The molecule has 4 rings (SSSR count). The molecule has 0 aliphatic carbocycles. The lowest BCUT2D eigenvalue weighted by atomic mass is 9.92. The second-order valence-electron chi connectivity index (χ2n) is 6.53.